The molecule has 0 aromatic rings. The van der Waals surface area contributed by atoms with E-state index in [1.165, 1.54) is 0 Å². The molecule has 1 aliphatic rings. The second-order valence-electron chi connectivity index (χ2n) is 3.49. The van der Waals surface area contributed by atoms with Crippen LogP contribution in [0.3, 0.4) is 0 Å². The Morgan fingerprint density at radius 3 is 2.33 bits per heavy atom. The van der Waals surface area contributed by atoms with Crippen LogP contribution in [0.4, 0.5) is 0 Å². The van der Waals surface area contributed by atoms with Gasteiger partial charge in [-0.2, -0.15) is 0 Å². The molecule has 1 unspecified atom stereocenters. The van der Waals surface area contributed by atoms with Gasteiger partial charge >= 0.3 is 0 Å². The Bertz CT molecular complexity index is 126. The summed E-state index contributed by atoms with van der Waals surface area (Å²) in [6.07, 6.45) is 4.26. The predicted octanol–water partition coefficient (Wildman–Crippen LogP) is 2.10. The quantitative estimate of drug-likeness (QED) is 0.729. The second-order valence-corrected chi connectivity index (χ2v) is 3.49. The molecule has 0 amide bonds. The first kappa shape index (κ1) is 12.2. The maximum Gasteiger partial charge on any atom is 0.0692 e. The normalized spacial score (nSPS) is 27.8. The molecule has 3 heteroatoms. The van der Waals surface area contributed by atoms with Crippen LogP contribution in [0.15, 0.2) is 0 Å². The molecule has 0 bridgehead atoms. The van der Waals surface area contributed by atoms with Gasteiger partial charge in [-0.1, -0.05) is 13.8 Å². The van der Waals surface area contributed by atoms with Gasteiger partial charge in [-0.15, -0.1) is 12.4 Å². The van der Waals surface area contributed by atoms with Crippen molar-refractivity contribution in [2.24, 2.45) is 5.73 Å². The SMILES string of the molecule is CCC1(CC)CC(N)CCO1.Cl. The van der Waals surface area contributed by atoms with Gasteiger partial charge in [0.25, 0.3) is 0 Å². The molecule has 74 valence electrons. The van der Waals surface area contributed by atoms with Crippen LogP contribution in [0.5, 0.6) is 0 Å². The molecule has 0 aromatic heterocycles. The van der Waals surface area contributed by atoms with E-state index in [0.29, 0.717) is 6.04 Å². The van der Waals surface area contributed by atoms with Crippen molar-refractivity contribution >= 4 is 12.4 Å². The molecule has 1 heterocycles. The summed E-state index contributed by atoms with van der Waals surface area (Å²) in [5.74, 6) is 0. The first-order valence-corrected chi connectivity index (χ1v) is 4.62. The van der Waals surface area contributed by atoms with Gasteiger partial charge in [0.05, 0.1) is 5.60 Å². The minimum absolute atomic E-state index is 0. The van der Waals surface area contributed by atoms with Crippen LogP contribution in [-0.2, 0) is 4.74 Å². The molecule has 0 aliphatic carbocycles. The van der Waals surface area contributed by atoms with Crippen molar-refractivity contribution in [3.05, 3.63) is 0 Å². The molecule has 12 heavy (non-hydrogen) atoms. The molecule has 1 rings (SSSR count). The van der Waals surface area contributed by atoms with Gasteiger partial charge in [0.15, 0.2) is 0 Å². The zero-order valence-electron chi connectivity index (χ0n) is 8.01. The number of hydrogen-bond acceptors (Lipinski definition) is 2. The van der Waals surface area contributed by atoms with E-state index in [1.54, 1.807) is 0 Å². The summed E-state index contributed by atoms with van der Waals surface area (Å²) in [5, 5.41) is 0. The number of ether oxygens (including phenoxy) is 1. The van der Waals surface area contributed by atoms with E-state index in [0.717, 1.165) is 32.3 Å². The van der Waals surface area contributed by atoms with E-state index in [4.69, 9.17) is 10.5 Å². The summed E-state index contributed by atoms with van der Waals surface area (Å²) in [7, 11) is 0. The lowest BCUT2D eigenvalue weighted by molar-refractivity contribution is -0.0887. The highest BCUT2D eigenvalue weighted by Gasteiger charge is 2.32. The highest BCUT2D eigenvalue weighted by atomic mass is 35.5. The van der Waals surface area contributed by atoms with Crippen LogP contribution in [0, 0.1) is 0 Å². The Labute approximate surface area is 81.3 Å². The van der Waals surface area contributed by atoms with Gasteiger partial charge in [-0.3, -0.25) is 0 Å². The first-order valence-electron chi connectivity index (χ1n) is 4.62. The molecule has 0 saturated carbocycles. The summed E-state index contributed by atoms with van der Waals surface area (Å²) in [6, 6.07) is 0.364. The lowest BCUT2D eigenvalue weighted by Gasteiger charge is -2.38. The van der Waals surface area contributed by atoms with E-state index < -0.39 is 0 Å². The van der Waals surface area contributed by atoms with E-state index in [1.807, 2.05) is 0 Å². The molecule has 2 nitrogen and oxygen atoms in total. The topological polar surface area (TPSA) is 35.2 Å². The Morgan fingerprint density at radius 1 is 1.42 bits per heavy atom. The van der Waals surface area contributed by atoms with Crippen LogP contribution in [0.1, 0.15) is 39.5 Å². The van der Waals surface area contributed by atoms with Gasteiger partial charge < -0.3 is 10.5 Å². The lowest BCUT2D eigenvalue weighted by Crippen LogP contribution is -2.44. The average molecular weight is 194 g/mol. The molecule has 2 N–H and O–H groups in total. The Morgan fingerprint density at radius 2 is 2.00 bits per heavy atom. The molecule has 0 radical (unpaired) electrons. The highest BCUT2D eigenvalue weighted by molar-refractivity contribution is 5.85. The average Bonchev–Trinajstić information content (AvgIpc) is 2.04. The predicted molar refractivity (Wildman–Crippen MR) is 53.7 cm³/mol. The van der Waals surface area contributed by atoms with Gasteiger partial charge in [-0.25, -0.2) is 0 Å². The fraction of sp³-hybridized carbons (Fsp3) is 1.00. The van der Waals surface area contributed by atoms with Crippen LogP contribution in [-0.4, -0.2) is 18.2 Å². The largest absolute Gasteiger partial charge is 0.375 e. The minimum atomic E-state index is 0. The third-order valence-electron chi connectivity index (χ3n) is 2.82. The first-order chi connectivity index (χ1) is 5.22. The van der Waals surface area contributed by atoms with Crippen LogP contribution in [0.2, 0.25) is 0 Å². The monoisotopic (exact) mass is 193 g/mol. The van der Waals surface area contributed by atoms with E-state index in [-0.39, 0.29) is 18.0 Å². The molecule has 0 spiro atoms. The third-order valence-corrected chi connectivity index (χ3v) is 2.82. The van der Waals surface area contributed by atoms with Crippen LogP contribution in [0.25, 0.3) is 0 Å². The van der Waals surface area contributed by atoms with Crippen LogP contribution >= 0.6 is 12.4 Å². The molecule has 1 atom stereocenters. The van der Waals surface area contributed by atoms with E-state index in [2.05, 4.69) is 13.8 Å². The molecule has 0 aromatic carbocycles. The standard InChI is InChI=1S/C9H19NO.ClH/c1-3-9(4-2)7-8(10)5-6-11-9;/h8H,3-7,10H2,1-2H3;1H. The van der Waals surface area contributed by atoms with Crippen molar-refractivity contribution in [2.75, 3.05) is 6.61 Å². The lowest BCUT2D eigenvalue weighted by atomic mass is 9.86. The van der Waals surface area contributed by atoms with Crippen molar-refractivity contribution in [2.45, 2.75) is 51.2 Å². The summed E-state index contributed by atoms with van der Waals surface area (Å²) >= 11 is 0. The fourth-order valence-corrected chi connectivity index (χ4v) is 1.81. The summed E-state index contributed by atoms with van der Waals surface area (Å²) < 4.78 is 5.75. The highest BCUT2D eigenvalue weighted by Crippen LogP contribution is 2.30. The molecule has 1 fully saturated rings. The summed E-state index contributed by atoms with van der Waals surface area (Å²) in [5.41, 5.74) is 5.99. The fourth-order valence-electron chi connectivity index (χ4n) is 1.81. The zero-order chi connectivity index (χ0) is 8.32. The Kier molecular flexibility index (Phi) is 5.14. The van der Waals surface area contributed by atoms with E-state index in [9.17, 15) is 0 Å². The smallest absolute Gasteiger partial charge is 0.0692 e. The zero-order valence-corrected chi connectivity index (χ0v) is 8.82. The summed E-state index contributed by atoms with van der Waals surface area (Å²) in [4.78, 5) is 0. The van der Waals surface area contributed by atoms with Crippen molar-refractivity contribution in [3.63, 3.8) is 0 Å². The van der Waals surface area contributed by atoms with Gasteiger partial charge in [-0.05, 0) is 25.7 Å². The Balaban J connectivity index is 0.00000121. The van der Waals surface area contributed by atoms with Crippen molar-refractivity contribution in [1.82, 2.24) is 0 Å². The second kappa shape index (κ2) is 5.05. The number of halogens is 1. The molecule has 1 aliphatic heterocycles. The number of rotatable bonds is 2. The van der Waals surface area contributed by atoms with Crippen molar-refractivity contribution in [1.29, 1.82) is 0 Å². The maximum absolute atomic E-state index is 5.88. The Hall–Kier alpha value is 0.210. The van der Waals surface area contributed by atoms with Crippen LogP contribution < -0.4 is 5.73 Å². The molecule has 1 saturated heterocycles. The molecular weight excluding hydrogens is 174 g/mol. The number of nitrogens with two attached hydrogens (primary N) is 1. The number of hydrogen-bond donors (Lipinski definition) is 1. The minimum Gasteiger partial charge on any atom is -0.375 e. The third kappa shape index (κ3) is 2.61. The van der Waals surface area contributed by atoms with Crippen molar-refractivity contribution < 1.29 is 4.74 Å². The van der Waals surface area contributed by atoms with Gasteiger partial charge in [0, 0.05) is 12.6 Å². The van der Waals surface area contributed by atoms with Gasteiger partial charge in [0.1, 0.15) is 0 Å². The van der Waals surface area contributed by atoms with E-state index >= 15 is 0 Å². The maximum atomic E-state index is 5.88. The molecular formula is C9H20ClNO. The van der Waals surface area contributed by atoms with Crippen molar-refractivity contribution in [3.8, 4) is 0 Å². The van der Waals surface area contributed by atoms with Gasteiger partial charge in [0.2, 0.25) is 0 Å². The summed E-state index contributed by atoms with van der Waals surface area (Å²) in [6.45, 7) is 5.21.